The molecule has 0 amide bonds. The molecule has 0 saturated heterocycles. The Kier molecular flexibility index (Phi) is 2.60. The number of nitrogens with one attached hydrogen (secondary N) is 1. The van der Waals surface area contributed by atoms with Crippen LogP contribution in [0.25, 0.3) is 21.8 Å². The summed E-state index contributed by atoms with van der Waals surface area (Å²) in [5.74, 6) is 0. The van der Waals surface area contributed by atoms with E-state index in [0.29, 0.717) is 15.8 Å². The van der Waals surface area contributed by atoms with Gasteiger partial charge < -0.3 is 4.98 Å². The molecule has 1 heterocycles. The summed E-state index contributed by atoms with van der Waals surface area (Å²) in [6.45, 7) is 0. The number of benzene rings is 2. The lowest BCUT2D eigenvalue weighted by molar-refractivity contribution is 1.46. The highest BCUT2D eigenvalue weighted by molar-refractivity contribution is 14.1. The maximum absolute atomic E-state index is 12.3. The largest absolute Gasteiger partial charge is 0.353 e. The molecule has 1 N–H and O–H groups in total. The van der Waals surface area contributed by atoms with Gasteiger partial charge in [0.05, 0.1) is 14.1 Å². The fourth-order valence-electron chi connectivity index (χ4n) is 1.93. The Morgan fingerprint density at radius 3 is 2.65 bits per heavy atom. The molecule has 0 aliphatic rings. The van der Waals surface area contributed by atoms with Crippen molar-refractivity contribution in [3.8, 4) is 0 Å². The van der Waals surface area contributed by atoms with Crippen molar-refractivity contribution in [2.45, 2.75) is 0 Å². The third-order valence-electron chi connectivity index (χ3n) is 2.77. The van der Waals surface area contributed by atoms with E-state index >= 15 is 0 Å². The smallest absolute Gasteiger partial charge is 0.197 e. The van der Waals surface area contributed by atoms with Crippen LogP contribution < -0.4 is 5.43 Å². The van der Waals surface area contributed by atoms with Crippen LogP contribution in [0.3, 0.4) is 0 Å². The van der Waals surface area contributed by atoms with E-state index in [1.807, 2.05) is 24.3 Å². The molecule has 0 fully saturated rings. The van der Waals surface area contributed by atoms with E-state index in [1.165, 1.54) is 0 Å². The maximum atomic E-state index is 12.3. The second-order valence-corrected chi connectivity index (χ2v) is 5.27. The number of pyridine rings is 1. The summed E-state index contributed by atoms with van der Waals surface area (Å²) < 4.78 is 0.879. The van der Waals surface area contributed by atoms with E-state index in [0.717, 1.165) is 14.6 Å². The zero-order valence-electron chi connectivity index (χ0n) is 8.63. The van der Waals surface area contributed by atoms with Crippen LogP contribution in [0.4, 0.5) is 0 Å². The average Bonchev–Trinajstić information content (AvgIpc) is 2.35. The van der Waals surface area contributed by atoms with Gasteiger partial charge in [0.15, 0.2) is 5.43 Å². The standard InChI is InChI=1S/C13H7ClINO/c14-9-6-5-8-12(11(9)15)16-10-4-2-1-3-7(10)13(8)17/h1-6H,(H,16,17). The topological polar surface area (TPSA) is 32.9 Å². The molecule has 0 spiro atoms. The van der Waals surface area contributed by atoms with Crippen LogP contribution in [0.5, 0.6) is 0 Å². The number of rotatable bonds is 0. The predicted molar refractivity (Wildman–Crippen MR) is 79.8 cm³/mol. The molecule has 17 heavy (non-hydrogen) atoms. The van der Waals surface area contributed by atoms with Crippen molar-refractivity contribution < 1.29 is 0 Å². The third-order valence-corrected chi connectivity index (χ3v) is 4.53. The predicted octanol–water partition coefficient (Wildman–Crippen LogP) is 3.94. The minimum atomic E-state index is 0.0453. The first-order valence-corrected chi connectivity index (χ1v) is 6.53. The van der Waals surface area contributed by atoms with Crippen molar-refractivity contribution in [3.63, 3.8) is 0 Å². The number of para-hydroxylation sites is 1. The van der Waals surface area contributed by atoms with Crippen LogP contribution in [0.15, 0.2) is 41.2 Å². The van der Waals surface area contributed by atoms with Gasteiger partial charge in [-0.1, -0.05) is 23.7 Å². The zero-order valence-corrected chi connectivity index (χ0v) is 11.5. The summed E-state index contributed by atoms with van der Waals surface area (Å²) in [5.41, 5.74) is 1.69. The molecule has 0 aliphatic heterocycles. The van der Waals surface area contributed by atoms with Crippen molar-refractivity contribution >= 4 is 56.0 Å². The van der Waals surface area contributed by atoms with Crippen LogP contribution >= 0.6 is 34.2 Å². The fourth-order valence-corrected chi connectivity index (χ4v) is 2.69. The van der Waals surface area contributed by atoms with Crippen LogP contribution in [-0.2, 0) is 0 Å². The summed E-state index contributed by atoms with van der Waals surface area (Å²) in [7, 11) is 0. The molecular formula is C13H7ClINO. The third kappa shape index (κ3) is 1.65. The number of aromatic nitrogens is 1. The van der Waals surface area contributed by atoms with Gasteiger partial charge in [-0.05, 0) is 46.9 Å². The number of hydrogen-bond acceptors (Lipinski definition) is 1. The van der Waals surface area contributed by atoms with Gasteiger partial charge in [-0.15, -0.1) is 0 Å². The molecular weight excluding hydrogens is 349 g/mol. The summed E-state index contributed by atoms with van der Waals surface area (Å²) >= 11 is 8.21. The van der Waals surface area contributed by atoms with Gasteiger partial charge in [0.25, 0.3) is 0 Å². The molecule has 3 rings (SSSR count). The molecule has 0 radical (unpaired) electrons. The van der Waals surface area contributed by atoms with E-state index in [9.17, 15) is 4.79 Å². The summed E-state index contributed by atoms with van der Waals surface area (Å²) in [6.07, 6.45) is 0. The van der Waals surface area contributed by atoms with Crippen LogP contribution in [0.2, 0.25) is 5.02 Å². The molecule has 2 nitrogen and oxygen atoms in total. The van der Waals surface area contributed by atoms with Crippen molar-refractivity contribution in [2.75, 3.05) is 0 Å². The monoisotopic (exact) mass is 355 g/mol. The number of H-pyrrole nitrogens is 1. The van der Waals surface area contributed by atoms with E-state index in [4.69, 9.17) is 11.6 Å². The van der Waals surface area contributed by atoms with Gasteiger partial charge in [-0.3, -0.25) is 4.79 Å². The van der Waals surface area contributed by atoms with Crippen molar-refractivity contribution in [3.05, 3.63) is 55.2 Å². The van der Waals surface area contributed by atoms with Crippen molar-refractivity contribution in [1.29, 1.82) is 0 Å². The number of hydrogen-bond donors (Lipinski definition) is 1. The van der Waals surface area contributed by atoms with E-state index in [-0.39, 0.29) is 5.43 Å². The SMILES string of the molecule is O=c1c2ccccc2[nH]c2c(I)c(Cl)ccc12. The normalized spacial score (nSPS) is 11.2. The van der Waals surface area contributed by atoms with Crippen LogP contribution in [0.1, 0.15) is 0 Å². The van der Waals surface area contributed by atoms with Gasteiger partial charge in [0.1, 0.15) is 0 Å². The Bertz CT molecular complexity index is 794. The summed E-state index contributed by atoms with van der Waals surface area (Å²) in [5, 5.41) is 2.04. The summed E-state index contributed by atoms with van der Waals surface area (Å²) in [6, 6.07) is 11.0. The Labute approximate surface area is 116 Å². The van der Waals surface area contributed by atoms with Gasteiger partial charge in [0, 0.05) is 16.3 Å². The Morgan fingerprint density at radius 2 is 1.82 bits per heavy atom. The Morgan fingerprint density at radius 1 is 1.06 bits per heavy atom. The van der Waals surface area contributed by atoms with E-state index < -0.39 is 0 Å². The number of aromatic amines is 1. The first-order valence-electron chi connectivity index (χ1n) is 5.07. The highest BCUT2D eigenvalue weighted by Gasteiger charge is 2.09. The van der Waals surface area contributed by atoms with Gasteiger partial charge in [-0.2, -0.15) is 0 Å². The van der Waals surface area contributed by atoms with Gasteiger partial charge in [0.2, 0.25) is 0 Å². The molecule has 0 atom stereocenters. The lowest BCUT2D eigenvalue weighted by Gasteiger charge is -2.05. The van der Waals surface area contributed by atoms with Crippen LogP contribution in [0, 0.1) is 3.57 Å². The molecule has 3 aromatic rings. The quantitative estimate of drug-likeness (QED) is 0.481. The van der Waals surface area contributed by atoms with E-state index in [2.05, 4.69) is 27.6 Å². The summed E-state index contributed by atoms with van der Waals surface area (Å²) in [4.78, 5) is 15.6. The van der Waals surface area contributed by atoms with Gasteiger partial charge >= 0.3 is 0 Å². The van der Waals surface area contributed by atoms with Gasteiger partial charge in [-0.25, -0.2) is 0 Å². The fraction of sp³-hybridized carbons (Fsp3) is 0. The average molecular weight is 356 g/mol. The minimum absolute atomic E-state index is 0.0453. The molecule has 84 valence electrons. The highest BCUT2D eigenvalue weighted by Crippen LogP contribution is 2.26. The lowest BCUT2D eigenvalue weighted by Crippen LogP contribution is -2.04. The molecule has 0 aliphatic carbocycles. The molecule has 0 unspecified atom stereocenters. The number of halogens is 2. The Balaban J connectivity index is 2.64. The first kappa shape index (κ1) is 11.0. The molecule has 0 bridgehead atoms. The zero-order chi connectivity index (χ0) is 12.0. The minimum Gasteiger partial charge on any atom is -0.353 e. The van der Waals surface area contributed by atoms with Crippen molar-refractivity contribution in [1.82, 2.24) is 4.98 Å². The molecule has 2 aromatic carbocycles. The lowest BCUT2D eigenvalue weighted by atomic mass is 10.1. The molecule has 1 aromatic heterocycles. The van der Waals surface area contributed by atoms with E-state index in [1.54, 1.807) is 12.1 Å². The Hall–Kier alpha value is -1.07. The maximum Gasteiger partial charge on any atom is 0.197 e. The number of fused-ring (bicyclic) bond motifs is 2. The van der Waals surface area contributed by atoms with Crippen molar-refractivity contribution in [2.24, 2.45) is 0 Å². The second kappa shape index (κ2) is 3.99. The second-order valence-electron chi connectivity index (χ2n) is 3.78. The first-order chi connectivity index (χ1) is 8.18. The highest BCUT2D eigenvalue weighted by atomic mass is 127. The van der Waals surface area contributed by atoms with Crippen LogP contribution in [-0.4, -0.2) is 4.98 Å². The molecule has 4 heteroatoms. The molecule has 0 saturated carbocycles.